The van der Waals surface area contributed by atoms with Gasteiger partial charge < -0.3 is 5.32 Å². The number of carbonyl (C=O) groups excluding carboxylic acids is 1. The highest BCUT2D eigenvalue weighted by Crippen LogP contribution is 2.06. The van der Waals surface area contributed by atoms with E-state index in [4.69, 9.17) is 0 Å². The molecule has 0 aromatic heterocycles. The van der Waals surface area contributed by atoms with Crippen molar-refractivity contribution in [2.24, 2.45) is 5.92 Å². The Morgan fingerprint density at radius 3 is 2.92 bits per heavy atom. The second-order valence-electron chi connectivity index (χ2n) is 3.68. The van der Waals surface area contributed by atoms with Crippen LogP contribution in [0.3, 0.4) is 0 Å². The first-order valence-corrected chi connectivity index (χ1v) is 4.62. The molecule has 1 heterocycles. The molecule has 1 saturated heterocycles. The molecule has 1 N–H and O–H groups in total. The molecule has 1 unspecified atom stereocenters. The van der Waals surface area contributed by atoms with Crippen LogP contribution in [-0.2, 0) is 4.79 Å². The van der Waals surface area contributed by atoms with Gasteiger partial charge in [-0.1, -0.05) is 26.0 Å². The van der Waals surface area contributed by atoms with E-state index in [9.17, 15) is 4.79 Å². The van der Waals surface area contributed by atoms with Crippen molar-refractivity contribution in [2.75, 3.05) is 6.54 Å². The number of hydrogen-bond acceptors (Lipinski definition) is 2. The topological polar surface area (TPSA) is 29.1 Å². The number of hydrogen-bond donors (Lipinski definition) is 1. The van der Waals surface area contributed by atoms with Crippen LogP contribution in [0.15, 0.2) is 12.2 Å². The maximum atomic E-state index is 11.0. The van der Waals surface area contributed by atoms with E-state index in [2.05, 4.69) is 31.3 Å². The third kappa shape index (κ3) is 3.18. The monoisotopic (exact) mass is 167 g/mol. The van der Waals surface area contributed by atoms with E-state index in [0.717, 1.165) is 6.54 Å². The lowest BCUT2D eigenvalue weighted by atomic mass is 10.0. The Hall–Kier alpha value is -0.630. The van der Waals surface area contributed by atoms with E-state index in [1.165, 1.54) is 0 Å². The summed E-state index contributed by atoms with van der Waals surface area (Å²) in [6, 6.07) is 0.286. The van der Waals surface area contributed by atoms with Crippen molar-refractivity contribution in [3.63, 3.8) is 0 Å². The number of nitrogens with one attached hydrogen (secondary N) is 1. The van der Waals surface area contributed by atoms with Gasteiger partial charge in [0, 0.05) is 25.4 Å². The fraction of sp³-hybridized carbons (Fsp3) is 0.700. The van der Waals surface area contributed by atoms with E-state index in [1.54, 1.807) is 0 Å². The van der Waals surface area contributed by atoms with Gasteiger partial charge in [-0.25, -0.2) is 0 Å². The highest BCUT2D eigenvalue weighted by Gasteiger charge is 2.15. The molecule has 1 atom stereocenters. The molecule has 1 rings (SSSR count). The molecule has 0 aliphatic carbocycles. The minimum Gasteiger partial charge on any atom is -0.310 e. The van der Waals surface area contributed by atoms with Crippen LogP contribution in [-0.4, -0.2) is 18.4 Å². The number of piperidine rings is 1. The summed E-state index contributed by atoms with van der Waals surface area (Å²) in [6.45, 7) is 5.12. The second kappa shape index (κ2) is 4.41. The van der Waals surface area contributed by atoms with Crippen molar-refractivity contribution in [3.05, 3.63) is 12.2 Å². The van der Waals surface area contributed by atoms with Crippen molar-refractivity contribution in [2.45, 2.75) is 32.7 Å². The molecule has 0 saturated carbocycles. The van der Waals surface area contributed by atoms with Gasteiger partial charge in [0.15, 0.2) is 0 Å². The highest BCUT2D eigenvalue weighted by atomic mass is 16.1. The third-order valence-electron chi connectivity index (χ3n) is 1.99. The largest absolute Gasteiger partial charge is 0.310 e. The standard InChI is InChI=1S/C10H17NO/c1-8(2)3-4-9-7-10(12)5-6-11-9/h3-4,8-9,11H,5-7H2,1-2H3. The number of rotatable bonds is 2. The Morgan fingerprint density at radius 2 is 2.33 bits per heavy atom. The molecule has 0 radical (unpaired) electrons. The molecule has 68 valence electrons. The van der Waals surface area contributed by atoms with E-state index >= 15 is 0 Å². The summed E-state index contributed by atoms with van der Waals surface area (Å²) in [6.07, 6.45) is 5.63. The van der Waals surface area contributed by atoms with E-state index in [0.29, 0.717) is 24.5 Å². The van der Waals surface area contributed by atoms with Crippen molar-refractivity contribution < 1.29 is 4.79 Å². The zero-order chi connectivity index (χ0) is 8.97. The highest BCUT2D eigenvalue weighted by molar-refractivity contribution is 5.80. The Labute approximate surface area is 74.0 Å². The SMILES string of the molecule is CC(C)C=CC1CC(=O)CCN1. The summed E-state index contributed by atoms with van der Waals surface area (Å²) in [4.78, 5) is 11.0. The Balaban J connectivity index is 2.36. The maximum Gasteiger partial charge on any atom is 0.136 e. The fourth-order valence-electron chi connectivity index (χ4n) is 1.31. The lowest BCUT2D eigenvalue weighted by molar-refractivity contribution is -0.120. The molecule has 0 spiro atoms. The smallest absolute Gasteiger partial charge is 0.136 e. The van der Waals surface area contributed by atoms with Gasteiger partial charge in [0.05, 0.1) is 0 Å². The molecule has 0 bridgehead atoms. The summed E-state index contributed by atoms with van der Waals surface area (Å²) < 4.78 is 0. The first-order chi connectivity index (χ1) is 5.68. The zero-order valence-corrected chi connectivity index (χ0v) is 7.84. The zero-order valence-electron chi connectivity index (χ0n) is 7.84. The predicted molar refractivity (Wildman–Crippen MR) is 50.0 cm³/mol. The summed E-state index contributed by atoms with van der Waals surface area (Å²) >= 11 is 0. The molecule has 2 heteroatoms. The Morgan fingerprint density at radius 1 is 1.58 bits per heavy atom. The fourth-order valence-corrected chi connectivity index (χ4v) is 1.31. The van der Waals surface area contributed by atoms with Gasteiger partial charge >= 0.3 is 0 Å². The summed E-state index contributed by atoms with van der Waals surface area (Å²) in [5.41, 5.74) is 0. The van der Waals surface area contributed by atoms with Crippen molar-refractivity contribution in [1.82, 2.24) is 5.32 Å². The van der Waals surface area contributed by atoms with Crippen molar-refractivity contribution >= 4 is 5.78 Å². The number of ketones is 1. The van der Waals surface area contributed by atoms with Gasteiger partial charge in [-0.15, -0.1) is 0 Å². The van der Waals surface area contributed by atoms with Crippen LogP contribution >= 0.6 is 0 Å². The van der Waals surface area contributed by atoms with Gasteiger partial charge in [-0.3, -0.25) is 4.79 Å². The van der Waals surface area contributed by atoms with E-state index < -0.39 is 0 Å². The van der Waals surface area contributed by atoms with Crippen LogP contribution in [0.1, 0.15) is 26.7 Å². The Bertz CT molecular complexity index is 184. The molecule has 2 nitrogen and oxygen atoms in total. The normalized spacial score (nSPS) is 25.6. The Kier molecular flexibility index (Phi) is 3.48. The molecule has 0 aromatic rings. The maximum absolute atomic E-state index is 11.0. The van der Waals surface area contributed by atoms with Gasteiger partial charge in [-0.05, 0) is 5.92 Å². The van der Waals surface area contributed by atoms with Crippen LogP contribution in [0.4, 0.5) is 0 Å². The van der Waals surface area contributed by atoms with Gasteiger partial charge in [0.1, 0.15) is 5.78 Å². The molecule has 0 aromatic carbocycles. The van der Waals surface area contributed by atoms with Crippen LogP contribution < -0.4 is 5.32 Å². The first-order valence-electron chi connectivity index (χ1n) is 4.62. The van der Waals surface area contributed by atoms with Crippen LogP contribution in [0.25, 0.3) is 0 Å². The van der Waals surface area contributed by atoms with Gasteiger partial charge in [-0.2, -0.15) is 0 Å². The number of allylic oxidation sites excluding steroid dienone is 1. The van der Waals surface area contributed by atoms with Crippen LogP contribution in [0.5, 0.6) is 0 Å². The summed E-state index contributed by atoms with van der Waals surface area (Å²) in [5.74, 6) is 0.955. The minimum absolute atomic E-state index is 0.286. The molecule has 1 aliphatic rings. The summed E-state index contributed by atoms with van der Waals surface area (Å²) in [5, 5.41) is 3.30. The molecule has 0 amide bonds. The molecule has 1 fully saturated rings. The second-order valence-corrected chi connectivity index (χ2v) is 3.68. The van der Waals surface area contributed by atoms with Gasteiger partial charge in [0.2, 0.25) is 0 Å². The average Bonchev–Trinajstić information content (AvgIpc) is 2.01. The first kappa shape index (κ1) is 9.46. The average molecular weight is 167 g/mol. The quantitative estimate of drug-likeness (QED) is 0.632. The number of carbonyl (C=O) groups is 1. The minimum atomic E-state index is 0.286. The van der Waals surface area contributed by atoms with Crippen LogP contribution in [0.2, 0.25) is 0 Å². The molecule has 1 aliphatic heterocycles. The lowest BCUT2D eigenvalue weighted by Crippen LogP contribution is -2.36. The predicted octanol–water partition coefficient (Wildman–Crippen LogP) is 1.52. The van der Waals surface area contributed by atoms with Gasteiger partial charge in [0.25, 0.3) is 0 Å². The van der Waals surface area contributed by atoms with Crippen molar-refractivity contribution in [3.8, 4) is 0 Å². The van der Waals surface area contributed by atoms with Crippen LogP contribution in [0, 0.1) is 5.92 Å². The lowest BCUT2D eigenvalue weighted by Gasteiger charge is -2.19. The van der Waals surface area contributed by atoms with Crippen molar-refractivity contribution in [1.29, 1.82) is 0 Å². The number of Topliss-reactive ketones (excluding diaryl/α,β-unsaturated/α-hetero) is 1. The van der Waals surface area contributed by atoms with E-state index in [-0.39, 0.29) is 6.04 Å². The molecule has 12 heavy (non-hydrogen) atoms. The summed E-state index contributed by atoms with van der Waals surface area (Å²) in [7, 11) is 0. The molecular formula is C10H17NO. The molecular weight excluding hydrogens is 150 g/mol. The van der Waals surface area contributed by atoms with E-state index in [1.807, 2.05) is 0 Å². The third-order valence-corrected chi connectivity index (χ3v) is 1.99.